The van der Waals surface area contributed by atoms with Gasteiger partial charge in [0.1, 0.15) is 11.5 Å². The maximum atomic E-state index is 5.65. The Morgan fingerprint density at radius 1 is 1.20 bits per heavy atom. The number of hydrogen-bond acceptors (Lipinski definition) is 4. The Kier molecular flexibility index (Phi) is 4.01. The van der Waals surface area contributed by atoms with E-state index in [-0.39, 0.29) is 0 Å². The van der Waals surface area contributed by atoms with Crippen molar-refractivity contribution in [2.24, 2.45) is 0 Å². The van der Waals surface area contributed by atoms with Gasteiger partial charge in [-0.15, -0.1) is 0 Å². The van der Waals surface area contributed by atoms with Crippen molar-refractivity contribution in [1.29, 1.82) is 0 Å². The third-order valence-corrected chi connectivity index (χ3v) is 4.44. The van der Waals surface area contributed by atoms with Crippen LogP contribution in [0.5, 0.6) is 0 Å². The van der Waals surface area contributed by atoms with Crippen LogP contribution < -0.4 is 0 Å². The summed E-state index contributed by atoms with van der Waals surface area (Å²) in [5.41, 5.74) is 0. The van der Waals surface area contributed by atoms with Crippen molar-refractivity contribution in [2.45, 2.75) is 39.3 Å². The van der Waals surface area contributed by atoms with Crippen molar-refractivity contribution in [3.63, 3.8) is 0 Å². The van der Waals surface area contributed by atoms with E-state index in [4.69, 9.17) is 4.42 Å². The molecular formula is C16H25N3O. The molecule has 1 fully saturated rings. The van der Waals surface area contributed by atoms with Crippen molar-refractivity contribution in [1.82, 2.24) is 14.7 Å². The van der Waals surface area contributed by atoms with Gasteiger partial charge in [-0.25, -0.2) is 0 Å². The third-order valence-electron chi connectivity index (χ3n) is 4.44. The Morgan fingerprint density at radius 2 is 2.00 bits per heavy atom. The Labute approximate surface area is 121 Å². The topological polar surface area (TPSA) is 22.9 Å². The van der Waals surface area contributed by atoms with E-state index in [1.807, 2.05) is 13.0 Å². The average Bonchev–Trinajstić information content (AvgIpc) is 3.09. The summed E-state index contributed by atoms with van der Waals surface area (Å²) in [6.07, 6.45) is 7.02. The molecular weight excluding hydrogens is 250 g/mol. The summed E-state index contributed by atoms with van der Waals surface area (Å²) >= 11 is 0. The van der Waals surface area contributed by atoms with Gasteiger partial charge in [0.25, 0.3) is 0 Å². The largest absolute Gasteiger partial charge is 0.464 e. The fourth-order valence-electron chi connectivity index (χ4n) is 3.16. The minimum atomic E-state index is 0.706. The van der Waals surface area contributed by atoms with Gasteiger partial charge in [-0.3, -0.25) is 0 Å². The van der Waals surface area contributed by atoms with E-state index < -0.39 is 0 Å². The van der Waals surface area contributed by atoms with Gasteiger partial charge >= 0.3 is 0 Å². The summed E-state index contributed by atoms with van der Waals surface area (Å²) in [4.78, 5) is 7.35. The molecule has 0 radical (unpaired) electrons. The van der Waals surface area contributed by atoms with Gasteiger partial charge < -0.3 is 19.1 Å². The normalized spacial score (nSPS) is 21.1. The van der Waals surface area contributed by atoms with Gasteiger partial charge in [-0.1, -0.05) is 6.92 Å². The fraction of sp³-hybridized carbons (Fsp3) is 0.625. The second-order valence-corrected chi connectivity index (χ2v) is 5.88. The molecule has 0 saturated carbocycles. The number of aryl methyl sites for hydroxylation is 1. The summed E-state index contributed by atoms with van der Waals surface area (Å²) in [6, 6.07) is 4.82. The first kappa shape index (κ1) is 13.6. The standard InChI is InChI=1S/C16H25N3O/c1-3-17-8-6-15(7-9-17)19-11-10-18(13-19)12-16-5-4-14(2)20-16/h4-5,10-11,15H,3,6-9,12-13H2,1-2H3. The third kappa shape index (κ3) is 3.01. The zero-order valence-corrected chi connectivity index (χ0v) is 12.6. The molecule has 0 amide bonds. The lowest BCUT2D eigenvalue weighted by Gasteiger charge is -2.36. The maximum Gasteiger partial charge on any atom is 0.123 e. The molecule has 0 aliphatic carbocycles. The minimum Gasteiger partial charge on any atom is -0.464 e. The first-order valence-corrected chi connectivity index (χ1v) is 7.70. The lowest BCUT2D eigenvalue weighted by molar-refractivity contribution is 0.124. The number of piperidine rings is 1. The van der Waals surface area contributed by atoms with Gasteiger partial charge in [-0.05, 0) is 38.4 Å². The van der Waals surface area contributed by atoms with Crippen molar-refractivity contribution in [3.05, 3.63) is 36.1 Å². The van der Waals surface area contributed by atoms with Crippen molar-refractivity contribution in [3.8, 4) is 0 Å². The number of nitrogens with zero attached hydrogens (tertiary/aromatic N) is 3. The van der Waals surface area contributed by atoms with Crippen LogP contribution in [0.3, 0.4) is 0 Å². The highest BCUT2D eigenvalue weighted by molar-refractivity contribution is 5.07. The summed E-state index contributed by atoms with van der Waals surface area (Å²) in [5, 5.41) is 0. The molecule has 3 rings (SSSR count). The van der Waals surface area contributed by atoms with Crippen LogP contribution >= 0.6 is 0 Å². The molecule has 0 unspecified atom stereocenters. The molecule has 4 nitrogen and oxygen atoms in total. The molecule has 0 spiro atoms. The Balaban J connectivity index is 1.49. The van der Waals surface area contributed by atoms with E-state index in [0.717, 1.165) is 24.7 Å². The highest BCUT2D eigenvalue weighted by Crippen LogP contribution is 2.21. The van der Waals surface area contributed by atoms with Crippen LogP contribution in [0.1, 0.15) is 31.3 Å². The summed E-state index contributed by atoms with van der Waals surface area (Å²) < 4.78 is 5.65. The Morgan fingerprint density at radius 3 is 2.65 bits per heavy atom. The first-order valence-electron chi connectivity index (χ1n) is 7.70. The molecule has 0 atom stereocenters. The molecule has 3 heterocycles. The smallest absolute Gasteiger partial charge is 0.123 e. The molecule has 20 heavy (non-hydrogen) atoms. The first-order chi connectivity index (χ1) is 9.74. The second kappa shape index (κ2) is 5.92. The highest BCUT2D eigenvalue weighted by atomic mass is 16.3. The molecule has 1 aromatic rings. The zero-order valence-electron chi connectivity index (χ0n) is 12.6. The van der Waals surface area contributed by atoms with Crippen LogP contribution in [-0.4, -0.2) is 47.0 Å². The van der Waals surface area contributed by atoms with Crippen molar-refractivity contribution < 1.29 is 4.42 Å². The molecule has 0 aromatic carbocycles. The van der Waals surface area contributed by atoms with E-state index in [0.29, 0.717) is 6.04 Å². The summed E-state index contributed by atoms with van der Waals surface area (Å²) in [6.45, 7) is 9.78. The number of furan rings is 1. The van der Waals surface area contributed by atoms with E-state index in [2.05, 4.69) is 40.1 Å². The van der Waals surface area contributed by atoms with E-state index in [1.165, 1.54) is 32.5 Å². The van der Waals surface area contributed by atoms with Crippen LogP contribution in [0.15, 0.2) is 28.9 Å². The van der Waals surface area contributed by atoms with E-state index in [1.54, 1.807) is 0 Å². The van der Waals surface area contributed by atoms with Crippen LogP contribution in [0.2, 0.25) is 0 Å². The predicted molar refractivity (Wildman–Crippen MR) is 80.0 cm³/mol. The van der Waals surface area contributed by atoms with Gasteiger partial charge in [-0.2, -0.15) is 0 Å². The quantitative estimate of drug-likeness (QED) is 0.842. The fourth-order valence-corrected chi connectivity index (χ4v) is 3.16. The molecule has 2 aliphatic heterocycles. The molecule has 0 bridgehead atoms. The minimum absolute atomic E-state index is 0.706. The average molecular weight is 275 g/mol. The highest BCUT2D eigenvalue weighted by Gasteiger charge is 2.25. The second-order valence-electron chi connectivity index (χ2n) is 5.88. The van der Waals surface area contributed by atoms with Crippen molar-refractivity contribution >= 4 is 0 Å². The number of hydrogen-bond donors (Lipinski definition) is 0. The molecule has 1 saturated heterocycles. The Hall–Kier alpha value is -1.42. The van der Waals surface area contributed by atoms with Crippen LogP contribution in [-0.2, 0) is 6.54 Å². The maximum absolute atomic E-state index is 5.65. The lowest BCUT2D eigenvalue weighted by atomic mass is 10.0. The molecule has 110 valence electrons. The van der Waals surface area contributed by atoms with Gasteiger partial charge in [0, 0.05) is 31.5 Å². The predicted octanol–water partition coefficient (Wildman–Crippen LogP) is 2.62. The molecule has 2 aliphatic rings. The van der Waals surface area contributed by atoms with Crippen LogP contribution in [0.25, 0.3) is 0 Å². The molecule has 4 heteroatoms. The number of rotatable bonds is 4. The van der Waals surface area contributed by atoms with Crippen LogP contribution in [0.4, 0.5) is 0 Å². The van der Waals surface area contributed by atoms with E-state index in [9.17, 15) is 0 Å². The zero-order chi connectivity index (χ0) is 13.9. The monoisotopic (exact) mass is 275 g/mol. The van der Waals surface area contributed by atoms with Crippen molar-refractivity contribution in [2.75, 3.05) is 26.3 Å². The van der Waals surface area contributed by atoms with E-state index >= 15 is 0 Å². The van der Waals surface area contributed by atoms with Crippen LogP contribution in [0, 0.1) is 6.92 Å². The van der Waals surface area contributed by atoms with Gasteiger partial charge in [0.2, 0.25) is 0 Å². The lowest BCUT2D eigenvalue weighted by Crippen LogP contribution is -2.43. The molecule has 1 aromatic heterocycles. The SMILES string of the molecule is CCN1CCC(N2C=CN(Cc3ccc(C)o3)C2)CC1. The summed E-state index contributed by atoms with van der Waals surface area (Å²) in [7, 11) is 0. The summed E-state index contributed by atoms with van der Waals surface area (Å²) in [5.74, 6) is 2.04. The number of likely N-dealkylation sites (tertiary alicyclic amines) is 1. The van der Waals surface area contributed by atoms with Gasteiger partial charge in [0.15, 0.2) is 0 Å². The Bertz CT molecular complexity index is 460. The van der Waals surface area contributed by atoms with Gasteiger partial charge in [0.05, 0.1) is 13.2 Å². The molecule has 0 N–H and O–H groups in total.